The molecule has 2 heterocycles. The summed E-state index contributed by atoms with van der Waals surface area (Å²) in [4.78, 5) is 25.3. The minimum absolute atomic E-state index is 0.0355. The first-order valence-corrected chi connectivity index (χ1v) is 16.6. The Labute approximate surface area is 300 Å². The number of aryl methyl sites for hydroxylation is 1. The fourth-order valence-electron chi connectivity index (χ4n) is 5.45. The summed E-state index contributed by atoms with van der Waals surface area (Å²) in [5.74, 6) is 0.866. The third-order valence-electron chi connectivity index (χ3n) is 7.94. The van der Waals surface area contributed by atoms with Crippen LogP contribution in [0.25, 0.3) is 0 Å². The molecule has 0 aliphatic rings. The van der Waals surface area contributed by atoms with Crippen molar-refractivity contribution in [3.8, 4) is 11.5 Å². The Morgan fingerprint density at radius 2 is 1.08 bits per heavy atom. The second-order valence-corrected chi connectivity index (χ2v) is 12.3. The van der Waals surface area contributed by atoms with Crippen molar-refractivity contribution >= 4 is 35.0 Å². The van der Waals surface area contributed by atoms with Gasteiger partial charge in [-0.15, -0.1) is 0 Å². The number of ether oxygens (including phenoxy) is 1. The molecule has 7 nitrogen and oxygen atoms in total. The molecule has 9 heteroatoms. The van der Waals surface area contributed by atoms with Crippen LogP contribution in [0.15, 0.2) is 152 Å². The molecule has 0 fully saturated rings. The van der Waals surface area contributed by atoms with Gasteiger partial charge in [0.1, 0.15) is 11.4 Å². The van der Waals surface area contributed by atoms with Crippen molar-refractivity contribution in [2.75, 3.05) is 0 Å². The number of aromatic nitrogens is 4. The van der Waals surface area contributed by atoms with Crippen LogP contribution in [0.5, 0.6) is 11.5 Å². The smallest absolute Gasteiger partial charge is 0.278 e. The van der Waals surface area contributed by atoms with Crippen molar-refractivity contribution in [3.63, 3.8) is 0 Å². The van der Waals surface area contributed by atoms with Gasteiger partial charge in [-0.2, -0.15) is 14.9 Å². The number of hydrogen-bond acceptors (Lipinski definition) is 5. The molecule has 0 N–H and O–H groups in total. The summed E-state index contributed by atoms with van der Waals surface area (Å²) in [6.07, 6.45) is 1.71. The minimum atomic E-state index is -0.217. The van der Waals surface area contributed by atoms with Gasteiger partial charge in [0.25, 0.3) is 11.8 Å². The lowest BCUT2D eigenvalue weighted by atomic mass is 9.89. The zero-order valence-corrected chi connectivity index (χ0v) is 28.8. The maximum absolute atomic E-state index is 12.7. The molecule has 7 aromatic rings. The lowest BCUT2D eigenvalue weighted by Crippen LogP contribution is -2.15. The predicted molar refractivity (Wildman–Crippen MR) is 197 cm³/mol. The number of rotatable bonds is 7. The Kier molecular flexibility index (Phi) is 10.7. The third-order valence-corrected chi connectivity index (χ3v) is 8.45. The molecule has 0 amide bonds. The van der Waals surface area contributed by atoms with Gasteiger partial charge < -0.3 is 4.74 Å². The average molecular weight is 700 g/mol. The molecule has 0 unspecified atom stereocenters. The van der Waals surface area contributed by atoms with Crippen molar-refractivity contribution < 1.29 is 14.3 Å². The van der Waals surface area contributed by atoms with E-state index in [2.05, 4.69) is 34.5 Å². The van der Waals surface area contributed by atoms with Gasteiger partial charge in [0.2, 0.25) is 0 Å². The van der Waals surface area contributed by atoms with Crippen LogP contribution in [0.1, 0.15) is 54.8 Å². The quantitative estimate of drug-likeness (QED) is 0.166. The summed E-state index contributed by atoms with van der Waals surface area (Å²) in [6.45, 7) is 3.63. The Balaban J connectivity index is 0.000000175. The number of benzene rings is 5. The van der Waals surface area contributed by atoms with Gasteiger partial charge in [0, 0.05) is 27.4 Å². The molecule has 5 aromatic carbocycles. The van der Waals surface area contributed by atoms with E-state index in [9.17, 15) is 9.59 Å². The summed E-state index contributed by atoms with van der Waals surface area (Å²) in [6, 6.07) is 45.2. The van der Waals surface area contributed by atoms with E-state index in [1.54, 1.807) is 54.7 Å². The van der Waals surface area contributed by atoms with E-state index in [1.807, 2.05) is 86.6 Å². The molecule has 0 bridgehead atoms. The monoisotopic (exact) mass is 698 g/mol. The van der Waals surface area contributed by atoms with Gasteiger partial charge in [-0.25, -0.2) is 4.68 Å². The van der Waals surface area contributed by atoms with Gasteiger partial charge in [0.05, 0.1) is 17.3 Å². The molecule has 0 aliphatic carbocycles. The first kappa shape index (κ1) is 34.1. The maximum atomic E-state index is 12.7. The molecule has 0 aliphatic heterocycles. The Morgan fingerprint density at radius 3 is 1.60 bits per heavy atom. The second kappa shape index (κ2) is 15.6. The Morgan fingerprint density at radius 1 is 0.600 bits per heavy atom. The van der Waals surface area contributed by atoms with Gasteiger partial charge in [-0.3, -0.25) is 9.59 Å². The number of nitrogens with zero attached hydrogens (tertiary/aromatic N) is 4. The number of para-hydroxylation sites is 1. The maximum Gasteiger partial charge on any atom is 0.278 e. The van der Waals surface area contributed by atoms with Crippen LogP contribution in [0.2, 0.25) is 10.0 Å². The van der Waals surface area contributed by atoms with Crippen LogP contribution in [-0.4, -0.2) is 31.4 Å². The number of carbonyl (C=O) groups is 2. The highest BCUT2D eigenvalue weighted by Crippen LogP contribution is 2.31. The fourth-order valence-corrected chi connectivity index (χ4v) is 5.70. The highest BCUT2D eigenvalue weighted by molar-refractivity contribution is 6.31. The highest BCUT2D eigenvalue weighted by atomic mass is 35.5. The molecule has 0 saturated carbocycles. The first-order valence-electron chi connectivity index (χ1n) is 15.8. The van der Waals surface area contributed by atoms with E-state index < -0.39 is 0 Å². The number of halogens is 2. The molecule has 0 radical (unpaired) electrons. The van der Waals surface area contributed by atoms with E-state index in [0.29, 0.717) is 44.1 Å². The Hall–Kier alpha value is -5.76. The lowest BCUT2D eigenvalue weighted by molar-refractivity contribution is 0.0935. The van der Waals surface area contributed by atoms with Crippen molar-refractivity contribution in [1.82, 2.24) is 19.6 Å². The summed E-state index contributed by atoms with van der Waals surface area (Å²) in [5.41, 5.74) is 5.48. The Bertz CT molecular complexity index is 2160. The van der Waals surface area contributed by atoms with Crippen molar-refractivity contribution in [3.05, 3.63) is 201 Å². The van der Waals surface area contributed by atoms with E-state index >= 15 is 0 Å². The minimum Gasteiger partial charge on any atom is -0.453 e. The van der Waals surface area contributed by atoms with Crippen LogP contribution < -0.4 is 4.74 Å². The fraction of sp³-hybridized carbons (Fsp3) is 0.0732. The van der Waals surface area contributed by atoms with Crippen LogP contribution in [-0.2, 0) is 0 Å². The standard InChI is InChI=1S/C23H17ClN2O.C18H15ClN2O2/c24-20-13-11-19(12-14-20)23(27)26-16-15-21(25-26)22(17-7-3-1-4-8-17)18-9-5-2-6-10-18;1-12-17(23-16-6-4-3-5-7-16)13(2)21(20-12)18(22)14-8-10-15(19)11-9-14/h1-16,22H;3-11H,1-2H3. The van der Waals surface area contributed by atoms with Gasteiger partial charge in [0.15, 0.2) is 5.75 Å². The molecule has 0 atom stereocenters. The van der Waals surface area contributed by atoms with Crippen molar-refractivity contribution in [1.29, 1.82) is 0 Å². The lowest BCUT2D eigenvalue weighted by Gasteiger charge is -2.16. The van der Waals surface area contributed by atoms with Gasteiger partial charge >= 0.3 is 0 Å². The molecule has 50 heavy (non-hydrogen) atoms. The van der Waals surface area contributed by atoms with Crippen molar-refractivity contribution in [2.45, 2.75) is 19.8 Å². The topological polar surface area (TPSA) is 79.0 Å². The molecule has 2 aromatic heterocycles. The molecule has 0 saturated heterocycles. The number of carbonyl (C=O) groups excluding carboxylic acids is 2. The van der Waals surface area contributed by atoms with Crippen molar-refractivity contribution in [2.24, 2.45) is 0 Å². The summed E-state index contributed by atoms with van der Waals surface area (Å²) in [5, 5.41) is 10.1. The van der Waals surface area contributed by atoms with Gasteiger partial charge in [-0.1, -0.05) is 102 Å². The predicted octanol–water partition coefficient (Wildman–Crippen LogP) is 10.0. The first-order chi connectivity index (χ1) is 24.3. The van der Waals surface area contributed by atoms with Crippen LogP contribution >= 0.6 is 23.2 Å². The largest absolute Gasteiger partial charge is 0.453 e. The van der Waals surface area contributed by atoms with E-state index in [-0.39, 0.29) is 17.7 Å². The molecular formula is C41H32Cl2N4O3. The molecule has 248 valence electrons. The summed E-state index contributed by atoms with van der Waals surface area (Å²) in [7, 11) is 0. The SMILES string of the molecule is Cc1nn(C(=O)c2ccc(Cl)cc2)c(C)c1Oc1ccccc1.O=C(c1ccc(Cl)cc1)n1ccc(C(c2ccccc2)c2ccccc2)n1. The van der Waals surface area contributed by atoms with Crippen LogP contribution in [0, 0.1) is 13.8 Å². The second-order valence-electron chi connectivity index (χ2n) is 11.4. The normalized spacial score (nSPS) is 10.7. The highest BCUT2D eigenvalue weighted by Gasteiger charge is 2.21. The van der Waals surface area contributed by atoms with E-state index in [4.69, 9.17) is 27.9 Å². The van der Waals surface area contributed by atoms with Crippen LogP contribution in [0.4, 0.5) is 0 Å². The zero-order chi connectivity index (χ0) is 35.0. The molecular weight excluding hydrogens is 667 g/mol. The third kappa shape index (κ3) is 7.92. The number of hydrogen-bond donors (Lipinski definition) is 0. The summed E-state index contributed by atoms with van der Waals surface area (Å²) < 4.78 is 8.61. The zero-order valence-electron chi connectivity index (χ0n) is 27.3. The average Bonchev–Trinajstić information content (AvgIpc) is 3.74. The van der Waals surface area contributed by atoms with Crippen LogP contribution in [0.3, 0.4) is 0 Å². The molecule has 0 spiro atoms. The van der Waals surface area contributed by atoms with E-state index in [1.165, 1.54) is 9.36 Å². The van der Waals surface area contributed by atoms with Gasteiger partial charge in [-0.05, 0) is 91.7 Å². The van der Waals surface area contributed by atoms with E-state index in [0.717, 1.165) is 16.8 Å². The molecule has 7 rings (SSSR count). The summed E-state index contributed by atoms with van der Waals surface area (Å²) >= 11 is 11.8.